The van der Waals surface area contributed by atoms with Crippen LogP contribution in [0.5, 0.6) is 23.0 Å². The van der Waals surface area contributed by atoms with Gasteiger partial charge in [0.05, 0.1) is 0 Å². The Morgan fingerprint density at radius 3 is 1.59 bits per heavy atom. The highest BCUT2D eigenvalue weighted by molar-refractivity contribution is 6.01. The van der Waals surface area contributed by atoms with Crippen LogP contribution in [0.3, 0.4) is 0 Å². The standard InChI is InChI=1S/C15H14O5.C10H8N2/c16-10-4-1-9(2-5-10)3-6-12(18)15-13(19)7-11(17)8-14(15)20;1-5-11-6-2-9(1)10-3-7-12-8-4-10/h1-2,4-5,7-8,16-17,19-20H,3,6H2;1-8H. The van der Waals surface area contributed by atoms with E-state index in [1.165, 1.54) is 23.3 Å². The molecule has 162 valence electrons. The van der Waals surface area contributed by atoms with Crippen LogP contribution >= 0.6 is 0 Å². The molecule has 0 fully saturated rings. The number of hydrogen-bond donors (Lipinski definition) is 4. The number of hydrogen-bond acceptors (Lipinski definition) is 7. The van der Waals surface area contributed by atoms with Crippen LogP contribution < -0.4 is 0 Å². The van der Waals surface area contributed by atoms with E-state index in [9.17, 15) is 20.1 Å². The van der Waals surface area contributed by atoms with Crippen molar-refractivity contribution in [3.8, 4) is 34.1 Å². The molecule has 2 aromatic carbocycles. The van der Waals surface area contributed by atoms with Gasteiger partial charge in [0.25, 0.3) is 0 Å². The molecule has 0 saturated carbocycles. The maximum Gasteiger partial charge on any atom is 0.170 e. The summed E-state index contributed by atoms with van der Waals surface area (Å²) in [6.07, 6.45) is 7.66. The van der Waals surface area contributed by atoms with Crippen LogP contribution in [-0.2, 0) is 6.42 Å². The molecule has 4 N–H and O–H groups in total. The maximum absolute atomic E-state index is 12.0. The van der Waals surface area contributed by atoms with Gasteiger partial charge in [-0.05, 0) is 59.5 Å². The Morgan fingerprint density at radius 2 is 1.12 bits per heavy atom. The van der Waals surface area contributed by atoms with Gasteiger partial charge in [-0.1, -0.05) is 12.1 Å². The van der Waals surface area contributed by atoms with Crippen molar-refractivity contribution < 1.29 is 25.2 Å². The first-order valence-electron chi connectivity index (χ1n) is 9.80. The lowest BCUT2D eigenvalue weighted by Crippen LogP contribution is -2.02. The number of phenolic OH excluding ortho intramolecular Hbond substituents is 4. The van der Waals surface area contributed by atoms with Gasteiger partial charge in [-0.3, -0.25) is 14.8 Å². The number of pyridine rings is 2. The van der Waals surface area contributed by atoms with Crippen molar-refractivity contribution in [2.45, 2.75) is 12.8 Å². The number of benzene rings is 2. The Bertz CT molecular complexity index is 1100. The van der Waals surface area contributed by atoms with Gasteiger partial charge in [0, 0.05) is 43.3 Å². The van der Waals surface area contributed by atoms with Gasteiger partial charge in [-0.25, -0.2) is 0 Å². The highest BCUT2D eigenvalue weighted by Gasteiger charge is 2.17. The van der Waals surface area contributed by atoms with Crippen LogP contribution in [0.2, 0.25) is 0 Å². The van der Waals surface area contributed by atoms with Crippen LogP contribution in [0.1, 0.15) is 22.3 Å². The summed E-state index contributed by atoms with van der Waals surface area (Å²) in [6, 6.07) is 16.4. The second kappa shape index (κ2) is 10.6. The third kappa shape index (κ3) is 6.06. The Kier molecular flexibility index (Phi) is 7.37. The fourth-order valence-corrected chi connectivity index (χ4v) is 3.02. The molecule has 4 aromatic rings. The first-order chi connectivity index (χ1) is 15.4. The molecule has 2 aromatic heterocycles. The molecule has 4 rings (SSSR count). The van der Waals surface area contributed by atoms with Crippen molar-refractivity contribution in [1.29, 1.82) is 0 Å². The molecule has 0 bridgehead atoms. The summed E-state index contributed by atoms with van der Waals surface area (Å²) in [6.45, 7) is 0. The summed E-state index contributed by atoms with van der Waals surface area (Å²) >= 11 is 0. The first kappa shape index (κ1) is 22.3. The molecule has 2 heterocycles. The second-order valence-electron chi connectivity index (χ2n) is 6.92. The monoisotopic (exact) mass is 430 g/mol. The molecule has 7 nitrogen and oxygen atoms in total. The molecule has 0 amide bonds. The van der Waals surface area contributed by atoms with E-state index in [-0.39, 0.29) is 23.5 Å². The Morgan fingerprint density at radius 1 is 0.656 bits per heavy atom. The van der Waals surface area contributed by atoms with E-state index in [0.717, 1.165) is 17.7 Å². The quantitative estimate of drug-likeness (QED) is 0.344. The van der Waals surface area contributed by atoms with Crippen molar-refractivity contribution in [2.75, 3.05) is 0 Å². The molecule has 0 aliphatic rings. The fraction of sp³-hybridized carbons (Fsp3) is 0.0800. The average Bonchev–Trinajstić information content (AvgIpc) is 2.80. The SMILES string of the molecule is O=C(CCc1ccc(O)cc1)c1c(O)cc(O)cc1O.c1cc(-c2ccncc2)ccn1. The topological polar surface area (TPSA) is 124 Å². The zero-order chi connectivity index (χ0) is 22.9. The number of phenols is 4. The zero-order valence-corrected chi connectivity index (χ0v) is 17.1. The summed E-state index contributed by atoms with van der Waals surface area (Å²) in [4.78, 5) is 19.9. The number of aromatic nitrogens is 2. The van der Waals surface area contributed by atoms with Crippen LogP contribution in [-0.4, -0.2) is 36.2 Å². The molecule has 0 radical (unpaired) electrons. The van der Waals surface area contributed by atoms with Gasteiger partial charge >= 0.3 is 0 Å². The molecule has 32 heavy (non-hydrogen) atoms. The molecule has 7 heteroatoms. The lowest BCUT2D eigenvalue weighted by Gasteiger charge is -2.07. The van der Waals surface area contributed by atoms with E-state index in [4.69, 9.17) is 5.11 Å². The number of rotatable bonds is 5. The molecule has 0 atom stereocenters. The highest BCUT2D eigenvalue weighted by Crippen LogP contribution is 2.33. The molecule has 0 spiro atoms. The lowest BCUT2D eigenvalue weighted by atomic mass is 10.0. The Hall–Kier alpha value is -4.39. The number of carbonyl (C=O) groups excluding carboxylic acids is 1. The van der Waals surface area contributed by atoms with Gasteiger partial charge in [0.2, 0.25) is 0 Å². The first-order valence-corrected chi connectivity index (χ1v) is 9.80. The van der Waals surface area contributed by atoms with Crippen LogP contribution in [0.25, 0.3) is 11.1 Å². The summed E-state index contributed by atoms with van der Waals surface area (Å²) in [5.74, 6) is -1.48. The highest BCUT2D eigenvalue weighted by atomic mass is 16.3. The number of Topliss-reactive ketones (excluding diaryl/α,β-unsaturated/α-hetero) is 1. The van der Waals surface area contributed by atoms with E-state index in [2.05, 4.69) is 9.97 Å². The molecule has 0 aliphatic heterocycles. The molecular weight excluding hydrogens is 408 g/mol. The minimum atomic E-state index is -0.446. The summed E-state index contributed by atoms with van der Waals surface area (Å²) in [7, 11) is 0. The number of aryl methyl sites for hydroxylation is 1. The smallest absolute Gasteiger partial charge is 0.170 e. The van der Waals surface area contributed by atoms with E-state index in [1.807, 2.05) is 24.3 Å². The van der Waals surface area contributed by atoms with Crippen molar-refractivity contribution >= 4 is 5.78 Å². The van der Waals surface area contributed by atoms with E-state index in [0.29, 0.717) is 6.42 Å². The van der Waals surface area contributed by atoms with Crippen LogP contribution in [0.4, 0.5) is 0 Å². The number of aromatic hydroxyl groups is 4. The molecule has 0 saturated heterocycles. The van der Waals surface area contributed by atoms with Crippen LogP contribution in [0, 0.1) is 0 Å². The van der Waals surface area contributed by atoms with Gasteiger partial charge in [0.1, 0.15) is 28.6 Å². The lowest BCUT2D eigenvalue weighted by molar-refractivity contribution is 0.0977. The van der Waals surface area contributed by atoms with Gasteiger partial charge in [-0.15, -0.1) is 0 Å². The number of ketones is 1. The predicted octanol–water partition coefficient (Wildman–Crippen LogP) is 4.47. The Labute approximate surface area is 184 Å². The van der Waals surface area contributed by atoms with E-state index in [1.54, 1.807) is 36.9 Å². The van der Waals surface area contributed by atoms with Gasteiger partial charge in [0.15, 0.2) is 5.78 Å². The normalized spacial score (nSPS) is 10.1. The summed E-state index contributed by atoms with van der Waals surface area (Å²) < 4.78 is 0. The van der Waals surface area contributed by atoms with Crippen molar-refractivity contribution in [2.24, 2.45) is 0 Å². The summed E-state index contributed by atoms with van der Waals surface area (Å²) in [5.41, 5.74) is 3.01. The maximum atomic E-state index is 12.0. The zero-order valence-electron chi connectivity index (χ0n) is 17.1. The second-order valence-corrected chi connectivity index (χ2v) is 6.92. The van der Waals surface area contributed by atoms with Crippen molar-refractivity contribution in [1.82, 2.24) is 9.97 Å². The Balaban J connectivity index is 0.000000204. The minimum Gasteiger partial charge on any atom is -0.508 e. The van der Waals surface area contributed by atoms with Crippen molar-refractivity contribution in [3.05, 3.63) is 96.6 Å². The van der Waals surface area contributed by atoms with Crippen LogP contribution in [0.15, 0.2) is 85.5 Å². The van der Waals surface area contributed by atoms with E-state index < -0.39 is 17.3 Å². The molecule has 0 aliphatic carbocycles. The average molecular weight is 430 g/mol. The summed E-state index contributed by atoms with van der Waals surface area (Å²) in [5, 5.41) is 37.5. The van der Waals surface area contributed by atoms with Gasteiger partial charge < -0.3 is 20.4 Å². The predicted molar refractivity (Wildman–Crippen MR) is 120 cm³/mol. The fourth-order valence-electron chi connectivity index (χ4n) is 3.02. The third-order valence-corrected chi connectivity index (χ3v) is 4.63. The molecule has 0 unspecified atom stereocenters. The van der Waals surface area contributed by atoms with Gasteiger partial charge in [-0.2, -0.15) is 0 Å². The van der Waals surface area contributed by atoms with E-state index >= 15 is 0 Å². The molecular formula is C25H22N2O5. The largest absolute Gasteiger partial charge is 0.508 e. The third-order valence-electron chi connectivity index (χ3n) is 4.63. The number of nitrogens with zero attached hydrogens (tertiary/aromatic N) is 2. The van der Waals surface area contributed by atoms with Crippen molar-refractivity contribution in [3.63, 3.8) is 0 Å². The minimum absolute atomic E-state index is 0.0939. The number of carbonyl (C=O) groups is 1.